The summed E-state index contributed by atoms with van der Waals surface area (Å²) < 4.78 is 2.26. The zero-order valence-electron chi connectivity index (χ0n) is 15.4. The Bertz CT molecular complexity index is 706. The van der Waals surface area contributed by atoms with E-state index < -0.39 is 0 Å². The minimum atomic E-state index is 0.0951. The fourth-order valence-electron chi connectivity index (χ4n) is 4.14. The van der Waals surface area contributed by atoms with Crippen molar-refractivity contribution in [2.45, 2.75) is 56.9 Å². The van der Waals surface area contributed by atoms with E-state index in [9.17, 15) is 0 Å². The van der Waals surface area contributed by atoms with Gasteiger partial charge >= 0.3 is 0 Å². The van der Waals surface area contributed by atoms with E-state index in [1.165, 1.54) is 29.7 Å². The van der Waals surface area contributed by atoms with Crippen LogP contribution in [0, 0.1) is 0 Å². The van der Waals surface area contributed by atoms with E-state index >= 15 is 0 Å². The summed E-state index contributed by atoms with van der Waals surface area (Å²) >= 11 is 0. The molecule has 0 N–H and O–H groups in total. The van der Waals surface area contributed by atoms with Crippen molar-refractivity contribution in [3.8, 4) is 0 Å². The zero-order valence-corrected chi connectivity index (χ0v) is 15.4. The van der Waals surface area contributed by atoms with Crippen molar-refractivity contribution in [1.29, 1.82) is 0 Å². The van der Waals surface area contributed by atoms with Crippen molar-refractivity contribution >= 4 is 0 Å². The molecule has 128 valence electrons. The number of likely N-dealkylation sites (tertiary alicyclic amines) is 1. The van der Waals surface area contributed by atoms with Gasteiger partial charge in [-0.15, -0.1) is 0 Å². The Morgan fingerprint density at radius 1 is 1.00 bits per heavy atom. The van der Waals surface area contributed by atoms with Crippen LogP contribution in [-0.4, -0.2) is 34.8 Å². The van der Waals surface area contributed by atoms with Crippen LogP contribution < -0.4 is 0 Å². The summed E-state index contributed by atoms with van der Waals surface area (Å²) in [5.41, 5.74) is 4.34. The normalized spacial score (nSPS) is 25.3. The van der Waals surface area contributed by atoms with Gasteiger partial charge in [-0.25, -0.2) is 0 Å². The van der Waals surface area contributed by atoms with Crippen LogP contribution in [0.2, 0.25) is 0 Å². The molecule has 24 heavy (non-hydrogen) atoms. The lowest BCUT2D eigenvalue weighted by Crippen LogP contribution is -2.19. The van der Waals surface area contributed by atoms with Crippen LogP contribution in [0.5, 0.6) is 0 Å². The van der Waals surface area contributed by atoms with Gasteiger partial charge in [0.15, 0.2) is 0 Å². The minimum absolute atomic E-state index is 0.0951. The molecule has 0 spiro atoms. The Morgan fingerprint density at radius 2 is 1.67 bits per heavy atom. The van der Waals surface area contributed by atoms with Crippen LogP contribution in [0.3, 0.4) is 0 Å². The average molecular weight is 323 g/mol. The molecule has 1 aromatic heterocycles. The van der Waals surface area contributed by atoms with Gasteiger partial charge in [-0.05, 0) is 31.0 Å². The second-order valence-electron chi connectivity index (χ2n) is 8.74. The topological polar surface area (TPSA) is 21.1 Å². The smallest absolute Gasteiger partial charge is 0.0713 e. The van der Waals surface area contributed by atoms with E-state index in [0.717, 1.165) is 13.1 Å². The average Bonchev–Trinajstić information content (AvgIpc) is 3.16. The number of likely N-dealkylation sites (N-methyl/N-ethyl adjacent to an activating group) is 1. The Labute approximate surface area is 145 Å². The van der Waals surface area contributed by atoms with Crippen molar-refractivity contribution in [3.63, 3.8) is 0 Å². The van der Waals surface area contributed by atoms with Crippen molar-refractivity contribution < 1.29 is 0 Å². The number of nitrogens with zero attached hydrogens (tertiary/aromatic N) is 3. The van der Waals surface area contributed by atoms with Crippen LogP contribution in [0.25, 0.3) is 0 Å². The third-order valence-electron chi connectivity index (χ3n) is 5.52. The predicted octanol–water partition coefficient (Wildman–Crippen LogP) is 4.33. The van der Waals surface area contributed by atoms with E-state index in [1.807, 2.05) is 0 Å². The number of hydrogen-bond acceptors (Lipinski definition) is 2. The summed E-state index contributed by atoms with van der Waals surface area (Å²) in [6.07, 6.45) is 4.95. The van der Waals surface area contributed by atoms with Gasteiger partial charge < -0.3 is 4.90 Å². The maximum atomic E-state index is 5.04. The third-order valence-corrected chi connectivity index (χ3v) is 5.52. The number of rotatable bonds is 3. The van der Waals surface area contributed by atoms with E-state index in [2.05, 4.69) is 73.9 Å². The minimum Gasteiger partial charge on any atom is -0.305 e. The summed E-state index contributed by atoms with van der Waals surface area (Å²) in [6, 6.07) is 11.7. The van der Waals surface area contributed by atoms with E-state index in [-0.39, 0.29) is 5.41 Å². The van der Waals surface area contributed by atoms with Crippen LogP contribution in [-0.2, 0) is 5.41 Å². The van der Waals surface area contributed by atoms with E-state index in [4.69, 9.17) is 5.10 Å². The van der Waals surface area contributed by atoms with Gasteiger partial charge in [-0.1, -0.05) is 51.1 Å². The lowest BCUT2D eigenvalue weighted by Gasteiger charge is -2.23. The molecule has 2 fully saturated rings. The fourth-order valence-corrected chi connectivity index (χ4v) is 4.14. The monoisotopic (exact) mass is 323 g/mol. The van der Waals surface area contributed by atoms with Crippen LogP contribution in [0.1, 0.15) is 68.3 Å². The molecular formula is C21H29N3. The predicted molar refractivity (Wildman–Crippen MR) is 98.6 cm³/mol. The molecule has 1 aliphatic heterocycles. The molecule has 2 aromatic rings. The number of benzene rings is 1. The molecule has 2 heterocycles. The number of aromatic nitrogens is 2. The molecular weight excluding hydrogens is 294 g/mol. The van der Waals surface area contributed by atoms with Crippen molar-refractivity contribution in [3.05, 3.63) is 53.3 Å². The lowest BCUT2D eigenvalue weighted by atomic mass is 9.79. The highest BCUT2D eigenvalue weighted by molar-refractivity contribution is 5.35. The first kappa shape index (κ1) is 15.9. The molecule has 1 aliphatic carbocycles. The SMILES string of the molecule is CN1CC(c2ccccc2)C(c2cn(C3CC3)nc2C(C)(C)C)C1. The molecule has 2 unspecified atom stereocenters. The largest absolute Gasteiger partial charge is 0.305 e. The zero-order chi connectivity index (χ0) is 16.9. The molecule has 0 amide bonds. The first-order valence-electron chi connectivity index (χ1n) is 9.26. The Morgan fingerprint density at radius 3 is 2.29 bits per heavy atom. The summed E-state index contributed by atoms with van der Waals surface area (Å²) in [4.78, 5) is 2.48. The van der Waals surface area contributed by atoms with Gasteiger partial charge in [0.25, 0.3) is 0 Å². The van der Waals surface area contributed by atoms with E-state index in [1.54, 1.807) is 0 Å². The second kappa shape index (κ2) is 5.73. The number of hydrogen-bond donors (Lipinski definition) is 0. The van der Waals surface area contributed by atoms with Gasteiger partial charge in [0.05, 0.1) is 11.7 Å². The quantitative estimate of drug-likeness (QED) is 0.838. The summed E-state index contributed by atoms with van der Waals surface area (Å²) in [5.74, 6) is 1.10. The van der Waals surface area contributed by atoms with Crippen molar-refractivity contribution in [1.82, 2.24) is 14.7 Å². The van der Waals surface area contributed by atoms with Crippen LogP contribution in [0.15, 0.2) is 36.5 Å². The molecule has 4 rings (SSSR count). The van der Waals surface area contributed by atoms with Gasteiger partial charge in [0.1, 0.15) is 0 Å². The first-order chi connectivity index (χ1) is 11.4. The lowest BCUT2D eigenvalue weighted by molar-refractivity contribution is 0.407. The van der Waals surface area contributed by atoms with E-state index in [0.29, 0.717) is 17.9 Å². The Kier molecular flexibility index (Phi) is 3.80. The molecule has 0 bridgehead atoms. The Balaban J connectivity index is 1.76. The molecule has 2 atom stereocenters. The Hall–Kier alpha value is -1.61. The van der Waals surface area contributed by atoms with Crippen LogP contribution in [0.4, 0.5) is 0 Å². The van der Waals surface area contributed by atoms with Gasteiger partial charge in [-0.2, -0.15) is 5.10 Å². The highest BCUT2D eigenvalue weighted by atomic mass is 15.3. The maximum Gasteiger partial charge on any atom is 0.0713 e. The highest BCUT2D eigenvalue weighted by Crippen LogP contribution is 2.44. The van der Waals surface area contributed by atoms with Gasteiger partial charge in [0.2, 0.25) is 0 Å². The van der Waals surface area contributed by atoms with Crippen LogP contribution >= 0.6 is 0 Å². The third kappa shape index (κ3) is 2.90. The molecule has 2 aliphatic rings. The molecule has 0 radical (unpaired) electrons. The van der Waals surface area contributed by atoms with Crippen molar-refractivity contribution in [2.24, 2.45) is 0 Å². The highest BCUT2D eigenvalue weighted by Gasteiger charge is 2.38. The van der Waals surface area contributed by atoms with Gasteiger partial charge in [0, 0.05) is 36.5 Å². The first-order valence-corrected chi connectivity index (χ1v) is 9.26. The summed E-state index contributed by atoms with van der Waals surface area (Å²) in [6.45, 7) is 9.15. The molecule has 1 saturated carbocycles. The standard InChI is InChI=1S/C21H29N3/c1-21(2,3)20-19(14-24(22-20)16-10-11-16)18-13-23(4)12-17(18)15-8-6-5-7-9-15/h5-9,14,16-18H,10-13H2,1-4H3. The summed E-state index contributed by atoms with van der Waals surface area (Å²) in [7, 11) is 2.25. The summed E-state index contributed by atoms with van der Waals surface area (Å²) in [5, 5.41) is 5.04. The molecule has 3 nitrogen and oxygen atoms in total. The fraction of sp³-hybridized carbons (Fsp3) is 0.571. The van der Waals surface area contributed by atoms with Crippen molar-refractivity contribution in [2.75, 3.05) is 20.1 Å². The molecule has 1 aromatic carbocycles. The molecule has 1 saturated heterocycles. The molecule has 3 heteroatoms. The second-order valence-corrected chi connectivity index (χ2v) is 8.74. The maximum absolute atomic E-state index is 5.04. The van der Waals surface area contributed by atoms with Gasteiger partial charge in [-0.3, -0.25) is 4.68 Å².